The fourth-order valence-electron chi connectivity index (χ4n) is 3.49. The van der Waals surface area contributed by atoms with Crippen LogP contribution in [0.25, 0.3) is 0 Å². The van der Waals surface area contributed by atoms with E-state index in [-0.39, 0.29) is 12.1 Å². The predicted octanol–water partition coefficient (Wildman–Crippen LogP) is 3.79. The Bertz CT molecular complexity index is 839. The molecule has 1 atom stereocenters. The van der Waals surface area contributed by atoms with Crippen LogP contribution in [0.4, 0.5) is 4.79 Å². The summed E-state index contributed by atoms with van der Waals surface area (Å²) in [6.45, 7) is 8.71. The van der Waals surface area contributed by atoms with Gasteiger partial charge in [-0.2, -0.15) is 5.10 Å². The van der Waals surface area contributed by atoms with Crippen molar-refractivity contribution in [3.8, 4) is 5.75 Å². The number of carbonyl (C=O) groups is 1. The van der Waals surface area contributed by atoms with Gasteiger partial charge in [0.1, 0.15) is 5.75 Å². The molecule has 3 rings (SSSR count). The molecule has 1 aromatic heterocycles. The van der Waals surface area contributed by atoms with Crippen molar-refractivity contribution in [1.29, 1.82) is 0 Å². The van der Waals surface area contributed by atoms with Gasteiger partial charge in [-0.1, -0.05) is 12.1 Å². The molecule has 0 aliphatic heterocycles. The highest BCUT2D eigenvalue weighted by molar-refractivity contribution is 5.75. The quantitative estimate of drug-likeness (QED) is 0.842. The number of hydrogen-bond acceptors (Lipinski definition) is 3. The van der Waals surface area contributed by atoms with Crippen LogP contribution in [0, 0.1) is 20.8 Å². The lowest BCUT2D eigenvalue weighted by molar-refractivity contribution is 0.188. The van der Waals surface area contributed by atoms with Crippen molar-refractivity contribution in [2.45, 2.75) is 59.2 Å². The Morgan fingerprint density at radius 2 is 2.07 bits per heavy atom. The number of benzene rings is 1. The highest BCUT2D eigenvalue weighted by Crippen LogP contribution is 2.30. The van der Waals surface area contributed by atoms with Gasteiger partial charge < -0.3 is 15.0 Å². The molecule has 146 valence electrons. The Morgan fingerprint density at radius 1 is 1.37 bits per heavy atom. The van der Waals surface area contributed by atoms with Crippen LogP contribution in [0.1, 0.15) is 53.9 Å². The van der Waals surface area contributed by atoms with Crippen molar-refractivity contribution >= 4 is 6.03 Å². The van der Waals surface area contributed by atoms with Gasteiger partial charge in [0, 0.05) is 24.3 Å². The van der Waals surface area contributed by atoms with E-state index in [2.05, 4.69) is 23.4 Å². The number of nitrogens with zero attached hydrogens (tertiary/aromatic N) is 3. The van der Waals surface area contributed by atoms with Crippen molar-refractivity contribution in [2.24, 2.45) is 7.05 Å². The molecule has 1 fully saturated rings. The van der Waals surface area contributed by atoms with Gasteiger partial charge in [0.25, 0.3) is 0 Å². The average molecular weight is 370 g/mol. The second-order valence-electron chi connectivity index (χ2n) is 7.53. The smallest absolute Gasteiger partial charge is 0.318 e. The van der Waals surface area contributed by atoms with Crippen molar-refractivity contribution in [3.05, 3.63) is 46.3 Å². The maximum Gasteiger partial charge on any atom is 0.318 e. The van der Waals surface area contributed by atoms with Crippen molar-refractivity contribution in [3.63, 3.8) is 0 Å². The Balaban J connectivity index is 1.73. The topological polar surface area (TPSA) is 59.4 Å². The van der Waals surface area contributed by atoms with Crippen LogP contribution in [-0.2, 0) is 13.6 Å². The molecule has 1 aliphatic rings. The number of urea groups is 1. The molecule has 27 heavy (non-hydrogen) atoms. The number of ether oxygens (including phenoxy) is 1. The summed E-state index contributed by atoms with van der Waals surface area (Å²) in [5, 5.41) is 7.65. The lowest BCUT2D eigenvalue weighted by Crippen LogP contribution is -2.42. The monoisotopic (exact) mass is 370 g/mol. The number of amides is 2. The first-order valence-electron chi connectivity index (χ1n) is 9.52. The number of methoxy groups -OCH3 is 1. The summed E-state index contributed by atoms with van der Waals surface area (Å²) in [7, 11) is 3.62. The normalized spacial score (nSPS) is 14.7. The van der Waals surface area contributed by atoms with Crippen LogP contribution < -0.4 is 10.1 Å². The summed E-state index contributed by atoms with van der Waals surface area (Å²) in [4.78, 5) is 15.0. The maximum atomic E-state index is 13.0. The van der Waals surface area contributed by atoms with Gasteiger partial charge >= 0.3 is 6.03 Å². The first-order chi connectivity index (χ1) is 12.8. The summed E-state index contributed by atoms with van der Waals surface area (Å²) < 4.78 is 7.21. The Kier molecular flexibility index (Phi) is 5.44. The molecule has 1 saturated carbocycles. The third-order valence-electron chi connectivity index (χ3n) is 5.49. The molecule has 1 aromatic carbocycles. The van der Waals surface area contributed by atoms with Crippen LogP contribution in [-0.4, -0.2) is 33.9 Å². The number of rotatable bonds is 6. The number of nitrogens with one attached hydrogen (secondary N) is 1. The molecule has 0 radical (unpaired) electrons. The van der Waals surface area contributed by atoms with Gasteiger partial charge in [0.2, 0.25) is 0 Å². The first kappa shape index (κ1) is 19.3. The molecule has 1 heterocycles. The molecule has 2 aromatic rings. The van der Waals surface area contributed by atoms with Gasteiger partial charge in [-0.15, -0.1) is 0 Å². The molecule has 0 spiro atoms. The van der Waals surface area contributed by atoms with E-state index in [4.69, 9.17) is 4.74 Å². The highest BCUT2D eigenvalue weighted by Gasteiger charge is 2.34. The van der Waals surface area contributed by atoms with Gasteiger partial charge in [0.05, 0.1) is 25.4 Å². The van der Waals surface area contributed by atoms with Crippen LogP contribution >= 0.6 is 0 Å². The molecule has 2 amide bonds. The number of hydrogen-bond donors (Lipinski definition) is 1. The summed E-state index contributed by atoms with van der Waals surface area (Å²) in [6.07, 6.45) is 2.14. The van der Waals surface area contributed by atoms with Gasteiger partial charge in [-0.3, -0.25) is 4.68 Å². The molecular formula is C21H30N4O2. The Labute approximate surface area is 161 Å². The SMILES string of the molecule is COc1ccc(C(C)NC(=O)N(Cc2c(C)nn(C)c2C)C2CC2)cc1C. The lowest BCUT2D eigenvalue weighted by Gasteiger charge is -2.26. The van der Waals surface area contributed by atoms with Crippen molar-refractivity contribution in [1.82, 2.24) is 20.0 Å². The van der Waals surface area contributed by atoms with E-state index < -0.39 is 0 Å². The van der Waals surface area contributed by atoms with E-state index >= 15 is 0 Å². The average Bonchev–Trinajstić information content (AvgIpc) is 3.42. The van der Waals surface area contributed by atoms with Crippen LogP contribution in [0.3, 0.4) is 0 Å². The van der Waals surface area contributed by atoms with Crippen molar-refractivity contribution in [2.75, 3.05) is 7.11 Å². The zero-order valence-electron chi connectivity index (χ0n) is 17.2. The zero-order chi connectivity index (χ0) is 19.7. The lowest BCUT2D eigenvalue weighted by atomic mass is 10.1. The second kappa shape index (κ2) is 7.62. The summed E-state index contributed by atoms with van der Waals surface area (Å²) in [6, 6.07) is 6.28. The standard InChI is InChI=1S/C21H30N4O2/c1-13-11-17(7-10-20(13)27-6)14(2)22-21(26)25(18-8-9-18)12-19-15(3)23-24(5)16(19)4/h7,10-11,14,18H,8-9,12H2,1-6H3,(H,22,26). The van der Waals surface area contributed by atoms with E-state index in [1.165, 1.54) is 0 Å². The fraction of sp³-hybridized carbons (Fsp3) is 0.524. The van der Waals surface area contributed by atoms with Crippen LogP contribution in [0.15, 0.2) is 18.2 Å². The third-order valence-corrected chi connectivity index (χ3v) is 5.49. The highest BCUT2D eigenvalue weighted by atomic mass is 16.5. The molecule has 6 nitrogen and oxygen atoms in total. The molecule has 0 saturated heterocycles. The van der Waals surface area contributed by atoms with E-state index in [9.17, 15) is 4.79 Å². The molecular weight excluding hydrogens is 340 g/mol. The van der Waals surface area contributed by atoms with E-state index in [0.29, 0.717) is 12.6 Å². The number of aromatic nitrogens is 2. The Hall–Kier alpha value is -2.50. The minimum atomic E-state index is -0.0700. The molecule has 1 aliphatic carbocycles. The van der Waals surface area contributed by atoms with Crippen LogP contribution in [0.5, 0.6) is 5.75 Å². The number of carbonyl (C=O) groups excluding carboxylic acids is 1. The van der Waals surface area contributed by atoms with E-state index in [0.717, 1.165) is 46.7 Å². The minimum absolute atomic E-state index is 0.0128. The number of aryl methyl sites for hydroxylation is 3. The molecule has 1 N–H and O–H groups in total. The van der Waals surface area contributed by atoms with E-state index in [1.807, 2.05) is 49.5 Å². The molecule has 1 unspecified atom stereocenters. The second-order valence-corrected chi connectivity index (χ2v) is 7.53. The van der Waals surface area contributed by atoms with E-state index in [1.54, 1.807) is 7.11 Å². The summed E-state index contributed by atoms with van der Waals surface area (Å²) in [5.74, 6) is 0.861. The van der Waals surface area contributed by atoms with Crippen LogP contribution in [0.2, 0.25) is 0 Å². The fourth-order valence-corrected chi connectivity index (χ4v) is 3.49. The summed E-state index contributed by atoms with van der Waals surface area (Å²) in [5.41, 5.74) is 5.40. The van der Waals surface area contributed by atoms with Gasteiger partial charge in [-0.25, -0.2) is 4.79 Å². The van der Waals surface area contributed by atoms with Gasteiger partial charge in [-0.05, 0) is 57.7 Å². The molecule has 0 bridgehead atoms. The Morgan fingerprint density at radius 3 is 2.59 bits per heavy atom. The minimum Gasteiger partial charge on any atom is -0.496 e. The third kappa shape index (κ3) is 4.10. The predicted molar refractivity (Wildman–Crippen MR) is 106 cm³/mol. The van der Waals surface area contributed by atoms with Crippen molar-refractivity contribution < 1.29 is 9.53 Å². The largest absolute Gasteiger partial charge is 0.496 e. The maximum absolute atomic E-state index is 13.0. The summed E-state index contributed by atoms with van der Waals surface area (Å²) >= 11 is 0. The molecule has 6 heteroatoms. The first-order valence-corrected chi connectivity index (χ1v) is 9.52. The zero-order valence-corrected chi connectivity index (χ0v) is 17.2. The van der Waals surface area contributed by atoms with Gasteiger partial charge in [0.15, 0.2) is 0 Å².